The van der Waals surface area contributed by atoms with Crippen molar-refractivity contribution in [3.8, 4) is 0 Å². The lowest BCUT2D eigenvalue weighted by Gasteiger charge is -2.27. The molecule has 2 aromatic heterocycles. The van der Waals surface area contributed by atoms with Crippen molar-refractivity contribution >= 4 is 22.8 Å². The van der Waals surface area contributed by atoms with E-state index in [0.717, 1.165) is 31.7 Å². The minimum absolute atomic E-state index is 0.448. The molecule has 3 heterocycles. The molecule has 88 valence electrons. The molecule has 0 spiro atoms. The number of fused-ring (bicyclic) bond motifs is 1. The van der Waals surface area contributed by atoms with E-state index in [-0.39, 0.29) is 0 Å². The van der Waals surface area contributed by atoms with Gasteiger partial charge in [0.25, 0.3) is 0 Å². The van der Waals surface area contributed by atoms with Gasteiger partial charge in [-0.05, 0) is 12.1 Å². The van der Waals surface area contributed by atoms with Crippen molar-refractivity contribution in [2.75, 3.05) is 36.8 Å². The van der Waals surface area contributed by atoms with Gasteiger partial charge in [-0.3, -0.25) is 4.98 Å². The first kappa shape index (κ1) is 10.2. The summed E-state index contributed by atoms with van der Waals surface area (Å²) in [5.41, 5.74) is 7.38. The van der Waals surface area contributed by atoms with Gasteiger partial charge in [0.05, 0.1) is 5.52 Å². The summed E-state index contributed by atoms with van der Waals surface area (Å²) in [5.74, 6) is 1.15. The smallest absolute Gasteiger partial charge is 0.228 e. The van der Waals surface area contributed by atoms with Crippen molar-refractivity contribution in [2.45, 2.75) is 0 Å². The summed E-state index contributed by atoms with van der Waals surface area (Å²) in [7, 11) is 0. The fourth-order valence-electron chi connectivity index (χ4n) is 1.98. The van der Waals surface area contributed by atoms with Crippen LogP contribution in [0.25, 0.3) is 11.0 Å². The maximum absolute atomic E-state index is 5.91. The summed E-state index contributed by atoms with van der Waals surface area (Å²) < 4.78 is 0. The molecule has 0 radical (unpaired) electrons. The lowest BCUT2D eigenvalue weighted by Crippen LogP contribution is -2.44. The molecule has 0 aromatic carbocycles. The molecule has 1 aliphatic rings. The highest BCUT2D eigenvalue weighted by atomic mass is 15.3. The fourth-order valence-corrected chi connectivity index (χ4v) is 1.98. The highest BCUT2D eigenvalue weighted by Crippen LogP contribution is 2.18. The van der Waals surface area contributed by atoms with Gasteiger partial charge >= 0.3 is 0 Å². The van der Waals surface area contributed by atoms with Gasteiger partial charge in [-0.1, -0.05) is 0 Å². The molecule has 6 nitrogen and oxygen atoms in total. The lowest BCUT2D eigenvalue weighted by atomic mass is 10.3. The number of nitrogen functional groups attached to an aromatic ring is 1. The molecule has 3 N–H and O–H groups in total. The number of hydrogen-bond acceptors (Lipinski definition) is 6. The van der Waals surface area contributed by atoms with E-state index in [9.17, 15) is 0 Å². The van der Waals surface area contributed by atoms with Crippen LogP contribution in [0.3, 0.4) is 0 Å². The van der Waals surface area contributed by atoms with Crippen molar-refractivity contribution in [3.05, 3.63) is 18.3 Å². The Bertz CT molecular complexity index is 534. The molecular weight excluding hydrogens is 216 g/mol. The molecular formula is C11H14N6. The number of nitrogens with zero attached hydrogens (tertiary/aromatic N) is 4. The van der Waals surface area contributed by atoms with Gasteiger partial charge in [0.1, 0.15) is 5.52 Å². The van der Waals surface area contributed by atoms with Crippen LogP contribution in [0.4, 0.5) is 11.8 Å². The van der Waals surface area contributed by atoms with E-state index in [4.69, 9.17) is 5.73 Å². The third-order valence-corrected chi connectivity index (χ3v) is 2.87. The Hall–Kier alpha value is -1.95. The summed E-state index contributed by atoms with van der Waals surface area (Å²) >= 11 is 0. The molecule has 0 unspecified atom stereocenters. The van der Waals surface area contributed by atoms with Crippen LogP contribution in [0.2, 0.25) is 0 Å². The zero-order valence-electron chi connectivity index (χ0n) is 9.43. The molecule has 3 rings (SSSR count). The normalized spacial score (nSPS) is 16.4. The first-order chi connectivity index (χ1) is 8.34. The minimum atomic E-state index is 0.448. The van der Waals surface area contributed by atoms with Crippen molar-refractivity contribution in [1.82, 2.24) is 20.3 Å². The monoisotopic (exact) mass is 230 g/mol. The van der Waals surface area contributed by atoms with E-state index in [2.05, 4.69) is 25.2 Å². The van der Waals surface area contributed by atoms with Gasteiger partial charge in [0, 0.05) is 32.4 Å². The zero-order valence-corrected chi connectivity index (χ0v) is 9.43. The van der Waals surface area contributed by atoms with Crippen LogP contribution in [0.15, 0.2) is 18.3 Å². The molecule has 1 saturated heterocycles. The van der Waals surface area contributed by atoms with Crippen LogP contribution in [-0.4, -0.2) is 41.1 Å². The van der Waals surface area contributed by atoms with Crippen molar-refractivity contribution < 1.29 is 0 Å². The second kappa shape index (κ2) is 4.14. The maximum atomic E-state index is 5.91. The largest absolute Gasteiger partial charge is 0.382 e. The van der Waals surface area contributed by atoms with Crippen LogP contribution in [0.5, 0.6) is 0 Å². The van der Waals surface area contributed by atoms with E-state index in [1.54, 1.807) is 6.20 Å². The van der Waals surface area contributed by atoms with Gasteiger partial charge in [-0.2, -0.15) is 4.98 Å². The summed E-state index contributed by atoms with van der Waals surface area (Å²) in [6, 6.07) is 3.77. The van der Waals surface area contributed by atoms with Gasteiger partial charge < -0.3 is 16.0 Å². The summed E-state index contributed by atoms with van der Waals surface area (Å²) in [5, 5.41) is 3.30. The molecule has 0 saturated carbocycles. The quantitative estimate of drug-likeness (QED) is 0.718. The van der Waals surface area contributed by atoms with E-state index >= 15 is 0 Å². The fraction of sp³-hybridized carbons (Fsp3) is 0.364. The van der Waals surface area contributed by atoms with Gasteiger partial charge in [0.2, 0.25) is 5.95 Å². The van der Waals surface area contributed by atoms with Crippen LogP contribution >= 0.6 is 0 Å². The second-order valence-corrected chi connectivity index (χ2v) is 4.02. The number of anilines is 2. The second-order valence-electron chi connectivity index (χ2n) is 4.02. The van der Waals surface area contributed by atoms with Crippen LogP contribution in [0, 0.1) is 0 Å². The van der Waals surface area contributed by atoms with Crippen molar-refractivity contribution in [1.29, 1.82) is 0 Å². The predicted octanol–water partition coefficient (Wildman–Crippen LogP) is 0.0166. The maximum Gasteiger partial charge on any atom is 0.228 e. The van der Waals surface area contributed by atoms with Gasteiger partial charge in [-0.25, -0.2) is 4.98 Å². The molecule has 1 aliphatic heterocycles. The van der Waals surface area contributed by atoms with E-state index in [1.165, 1.54) is 0 Å². The SMILES string of the molecule is Nc1nc(N2CCNCC2)nc2cccnc12. The van der Waals surface area contributed by atoms with E-state index < -0.39 is 0 Å². The standard InChI is InChI=1S/C11H14N6/c12-10-9-8(2-1-3-14-9)15-11(16-10)17-6-4-13-5-7-17/h1-3,13H,4-7H2,(H2,12,15,16). The Kier molecular flexibility index (Phi) is 2.49. The third-order valence-electron chi connectivity index (χ3n) is 2.87. The van der Waals surface area contributed by atoms with E-state index in [1.807, 2.05) is 12.1 Å². The molecule has 6 heteroatoms. The summed E-state index contributed by atoms with van der Waals surface area (Å²) in [6.07, 6.45) is 1.70. The first-order valence-corrected chi connectivity index (χ1v) is 5.68. The van der Waals surface area contributed by atoms with Crippen molar-refractivity contribution in [2.24, 2.45) is 0 Å². The first-order valence-electron chi connectivity index (χ1n) is 5.68. The number of nitrogens with one attached hydrogen (secondary N) is 1. The van der Waals surface area contributed by atoms with Crippen LogP contribution in [-0.2, 0) is 0 Å². The highest BCUT2D eigenvalue weighted by molar-refractivity contribution is 5.84. The number of rotatable bonds is 1. The molecule has 2 aromatic rings. The van der Waals surface area contributed by atoms with Crippen LogP contribution in [0.1, 0.15) is 0 Å². The average molecular weight is 230 g/mol. The summed E-state index contributed by atoms with van der Waals surface area (Å²) in [6.45, 7) is 3.72. The summed E-state index contributed by atoms with van der Waals surface area (Å²) in [4.78, 5) is 15.2. The van der Waals surface area contributed by atoms with Gasteiger partial charge in [-0.15, -0.1) is 0 Å². The number of nitrogens with two attached hydrogens (primary N) is 1. The Morgan fingerprint density at radius 3 is 2.88 bits per heavy atom. The molecule has 0 atom stereocenters. The van der Waals surface area contributed by atoms with E-state index in [0.29, 0.717) is 17.3 Å². The number of piperazine rings is 1. The predicted molar refractivity (Wildman–Crippen MR) is 66.8 cm³/mol. The molecule has 0 amide bonds. The minimum Gasteiger partial charge on any atom is -0.382 e. The average Bonchev–Trinajstić information content (AvgIpc) is 2.40. The van der Waals surface area contributed by atoms with Crippen LogP contribution < -0.4 is 16.0 Å². The van der Waals surface area contributed by atoms with Crippen molar-refractivity contribution in [3.63, 3.8) is 0 Å². The Morgan fingerprint density at radius 1 is 1.24 bits per heavy atom. The topological polar surface area (TPSA) is 80.0 Å². The molecule has 0 aliphatic carbocycles. The van der Waals surface area contributed by atoms with Gasteiger partial charge in [0.15, 0.2) is 5.82 Å². The Morgan fingerprint density at radius 2 is 2.06 bits per heavy atom. The highest BCUT2D eigenvalue weighted by Gasteiger charge is 2.15. The lowest BCUT2D eigenvalue weighted by molar-refractivity contribution is 0.581. The Balaban J connectivity index is 2.05. The Labute approximate surface area is 98.9 Å². The molecule has 0 bridgehead atoms. The number of hydrogen-bond donors (Lipinski definition) is 2. The molecule has 17 heavy (non-hydrogen) atoms. The number of pyridine rings is 1. The number of aromatic nitrogens is 3. The zero-order chi connectivity index (χ0) is 11.7. The third kappa shape index (κ3) is 1.87. The molecule has 1 fully saturated rings.